The Bertz CT molecular complexity index is 665. The van der Waals surface area contributed by atoms with Crippen LogP contribution in [0.1, 0.15) is 20.1 Å². The van der Waals surface area contributed by atoms with Crippen LogP contribution in [-0.2, 0) is 4.74 Å². The molecule has 0 amide bonds. The van der Waals surface area contributed by atoms with Crippen molar-refractivity contribution in [3.63, 3.8) is 0 Å². The molecule has 0 spiro atoms. The molecule has 1 aliphatic heterocycles. The Morgan fingerprint density at radius 3 is 2.73 bits per heavy atom. The maximum atomic E-state index is 10.1. The highest BCUT2D eigenvalue weighted by atomic mass is 32.2. The van der Waals surface area contributed by atoms with Gasteiger partial charge in [-0.1, -0.05) is 13.8 Å². The van der Waals surface area contributed by atoms with Crippen LogP contribution in [0.2, 0.25) is 0 Å². The fourth-order valence-electron chi connectivity index (χ4n) is 2.43. The van der Waals surface area contributed by atoms with Crippen molar-refractivity contribution in [3.8, 4) is 0 Å². The zero-order chi connectivity index (χ0) is 15.9. The van der Waals surface area contributed by atoms with E-state index in [0.29, 0.717) is 10.9 Å². The molecule has 0 unspecified atom stereocenters. The highest BCUT2D eigenvalue weighted by Crippen LogP contribution is 2.33. The highest BCUT2D eigenvalue weighted by molar-refractivity contribution is 8.00. The van der Waals surface area contributed by atoms with Gasteiger partial charge in [0.05, 0.1) is 18.2 Å². The highest BCUT2D eigenvalue weighted by Gasteiger charge is 2.44. The van der Waals surface area contributed by atoms with Crippen LogP contribution in [0.4, 0.5) is 0 Å². The lowest BCUT2D eigenvalue weighted by atomic mass is 10.1. The van der Waals surface area contributed by atoms with E-state index in [2.05, 4.69) is 28.9 Å². The Hall–Kier alpha value is -1.26. The second-order valence-corrected chi connectivity index (χ2v) is 6.97. The van der Waals surface area contributed by atoms with Crippen molar-refractivity contribution >= 4 is 22.8 Å². The molecule has 120 valence electrons. The minimum Gasteiger partial charge on any atom is -0.394 e. The quantitative estimate of drug-likeness (QED) is 0.529. The maximum absolute atomic E-state index is 10.1. The zero-order valence-electron chi connectivity index (χ0n) is 12.2. The first-order valence-electron chi connectivity index (χ1n) is 7.00. The molecule has 1 aliphatic rings. The van der Waals surface area contributed by atoms with E-state index in [1.165, 1.54) is 11.0 Å². The van der Waals surface area contributed by atoms with Gasteiger partial charge in [-0.15, -0.1) is 11.8 Å². The van der Waals surface area contributed by atoms with Crippen molar-refractivity contribution < 1.29 is 20.1 Å². The molecule has 4 atom stereocenters. The Morgan fingerprint density at radius 1 is 1.32 bits per heavy atom. The predicted octanol–water partition coefficient (Wildman–Crippen LogP) is -0.0617. The van der Waals surface area contributed by atoms with Gasteiger partial charge in [-0.2, -0.15) is 5.10 Å². The molecule has 3 N–H and O–H groups in total. The van der Waals surface area contributed by atoms with E-state index in [0.717, 1.165) is 10.4 Å². The number of rotatable bonds is 4. The minimum absolute atomic E-state index is 0.357. The third kappa shape index (κ3) is 2.59. The van der Waals surface area contributed by atoms with E-state index in [4.69, 9.17) is 4.74 Å². The van der Waals surface area contributed by atoms with E-state index in [9.17, 15) is 15.3 Å². The summed E-state index contributed by atoms with van der Waals surface area (Å²) in [7, 11) is 0. The molecule has 0 bridgehead atoms. The van der Waals surface area contributed by atoms with E-state index in [1.807, 2.05) is 0 Å². The van der Waals surface area contributed by atoms with Gasteiger partial charge >= 0.3 is 0 Å². The van der Waals surface area contributed by atoms with Crippen LogP contribution in [-0.4, -0.2) is 65.2 Å². The average Bonchev–Trinajstić information content (AvgIpc) is 3.02. The summed E-state index contributed by atoms with van der Waals surface area (Å²) in [6.45, 7) is 3.75. The van der Waals surface area contributed by atoms with Gasteiger partial charge in [0.15, 0.2) is 11.9 Å². The van der Waals surface area contributed by atoms with Crippen LogP contribution in [0, 0.1) is 0 Å². The largest absolute Gasteiger partial charge is 0.394 e. The Morgan fingerprint density at radius 2 is 2.09 bits per heavy atom. The molecule has 9 heteroatoms. The third-order valence-corrected chi connectivity index (χ3v) is 4.48. The average molecular weight is 326 g/mol. The van der Waals surface area contributed by atoms with Gasteiger partial charge in [-0.3, -0.25) is 0 Å². The lowest BCUT2D eigenvalue weighted by molar-refractivity contribution is -0.0566. The topological polar surface area (TPSA) is 114 Å². The minimum atomic E-state index is -1.18. The van der Waals surface area contributed by atoms with Crippen molar-refractivity contribution in [2.75, 3.05) is 6.61 Å². The monoisotopic (exact) mass is 326 g/mol. The predicted molar refractivity (Wildman–Crippen MR) is 79.3 cm³/mol. The zero-order valence-corrected chi connectivity index (χ0v) is 13.0. The number of ether oxygens (including phenoxy) is 1. The molecule has 1 saturated heterocycles. The molecule has 0 radical (unpaired) electrons. The molecule has 0 aromatic carbocycles. The molecule has 2 aromatic rings. The van der Waals surface area contributed by atoms with Gasteiger partial charge in [-0.05, 0) is 0 Å². The summed E-state index contributed by atoms with van der Waals surface area (Å²) in [6.07, 6.45) is -1.03. The summed E-state index contributed by atoms with van der Waals surface area (Å²) in [6, 6.07) is 0. The van der Waals surface area contributed by atoms with Crippen LogP contribution in [0.3, 0.4) is 0 Å². The molecule has 8 nitrogen and oxygen atoms in total. The van der Waals surface area contributed by atoms with Gasteiger partial charge in [0.1, 0.15) is 29.7 Å². The van der Waals surface area contributed by atoms with E-state index < -0.39 is 24.5 Å². The molecule has 2 aromatic heterocycles. The Balaban J connectivity index is 1.99. The summed E-state index contributed by atoms with van der Waals surface area (Å²) in [5.74, 6) is 0. The van der Waals surface area contributed by atoms with Crippen LogP contribution in [0.5, 0.6) is 0 Å². The van der Waals surface area contributed by atoms with Gasteiger partial charge in [-0.25, -0.2) is 14.6 Å². The lowest BCUT2D eigenvalue weighted by Crippen LogP contribution is -2.33. The standard InChI is InChI=1S/C13H18N4O4S/c1-6(2)22-12-7-3-16-17(11(7)14-5-15-12)13-10(20)9(19)8(4-18)21-13/h3,5-6,8-10,13,18-20H,4H2,1-2H3/t8-,9-,10-,13-/m1/s1. The molecule has 0 saturated carbocycles. The van der Waals surface area contributed by atoms with Gasteiger partial charge in [0.2, 0.25) is 0 Å². The molecule has 1 fully saturated rings. The first kappa shape index (κ1) is 15.6. The van der Waals surface area contributed by atoms with E-state index in [-0.39, 0.29) is 6.61 Å². The first-order valence-corrected chi connectivity index (χ1v) is 7.88. The lowest BCUT2D eigenvalue weighted by Gasteiger charge is -2.15. The van der Waals surface area contributed by atoms with E-state index >= 15 is 0 Å². The molecule has 3 heterocycles. The molecular weight excluding hydrogens is 308 g/mol. The third-order valence-electron chi connectivity index (χ3n) is 3.46. The van der Waals surface area contributed by atoms with Crippen molar-refractivity contribution in [1.82, 2.24) is 19.7 Å². The summed E-state index contributed by atoms with van der Waals surface area (Å²) in [4.78, 5) is 8.46. The van der Waals surface area contributed by atoms with Crippen LogP contribution in [0.15, 0.2) is 17.6 Å². The summed E-state index contributed by atoms with van der Waals surface area (Å²) in [5.41, 5.74) is 0.521. The molecular formula is C13H18N4O4S. The second kappa shape index (κ2) is 6.09. The number of hydrogen-bond acceptors (Lipinski definition) is 8. The molecule has 0 aliphatic carbocycles. The first-order chi connectivity index (χ1) is 10.5. The number of fused-ring (bicyclic) bond motifs is 1. The maximum Gasteiger partial charge on any atom is 0.181 e. The van der Waals surface area contributed by atoms with Crippen LogP contribution >= 0.6 is 11.8 Å². The molecule has 3 rings (SSSR count). The van der Waals surface area contributed by atoms with Crippen LogP contribution < -0.4 is 0 Å². The number of hydrogen-bond donors (Lipinski definition) is 3. The van der Waals surface area contributed by atoms with Gasteiger partial charge in [0.25, 0.3) is 0 Å². The summed E-state index contributed by atoms with van der Waals surface area (Å²) in [5, 5.41) is 35.3. The SMILES string of the molecule is CC(C)Sc1ncnc2c1cnn2[C@@H]1O[C@H](CO)[C@@H](O)[C@H]1O. The smallest absolute Gasteiger partial charge is 0.181 e. The number of aromatic nitrogens is 4. The number of aliphatic hydroxyl groups excluding tert-OH is 3. The second-order valence-electron chi connectivity index (χ2n) is 5.40. The molecule has 22 heavy (non-hydrogen) atoms. The number of aliphatic hydroxyl groups is 3. The summed E-state index contributed by atoms with van der Waals surface area (Å²) < 4.78 is 6.91. The van der Waals surface area contributed by atoms with Gasteiger partial charge < -0.3 is 20.1 Å². The number of nitrogens with zero attached hydrogens (tertiary/aromatic N) is 4. The normalized spacial score (nSPS) is 28.8. The number of thioether (sulfide) groups is 1. The fraction of sp³-hybridized carbons (Fsp3) is 0.615. The van der Waals surface area contributed by atoms with Crippen molar-refractivity contribution in [1.29, 1.82) is 0 Å². The van der Waals surface area contributed by atoms with E-state index in [1.54, 1.807) is 18.0 Å². The van der Waals surface area contributed by atoms with Crippen molar-refractivity contribution in [3.05, 3.63) is 12.5 Å². The van der Waals surface area contributed by atoms with Gasteiger partial charge in [0, 0.05) is 5.25 Å². The summed E-state index contributed by atoms with van der Waals surface area (Å²) >= 11 is 1.59. The van der Waals surface area contributed by atoms with Crippen molar-refractivity contribution in [2.24, 2.45) is 0 Å². The Kier molecular flexibility index (Phi) is 4.33. The van der Waals surface area contributed by atoms with Crippen LogP contribution in [0.25, 0.3) is 11.0 Å². The van der Waals surface area contributed by atoms with Crippen molar-refractivity contribution in [2.45, 2.75) is 48.7 Å². The fourth-order valence-corrected chi connectivity index (χ4v) is 3.25. The Labute approximate surface area is 131 Å².